The molecule has 0 unspecified atom stereocenters. The van der Waals surface area contributed by atoms with Crippen LogP contribution in [0.1, 0.15) is 36.2 Å². The Labute approximate surface area is 159 Å². The number of benzene rings is 2. The highest BCUT2D eigenvalue weighted by Gasteiger charge is 2.17. The van der Waals surface area contributed by atoms with E-state index in [1.54, 1.807) is 0 Å². The van der Waals surface area contributed by atoms with Crippen LogP contribution < -0.4 is 4.31 Å². The molecule has 0 saturated carbocycles. The lowest BCUT2D eigenvalue weighted by molar-refractivity contribution is 0.101. The number of Topliss-reactive ketones (excluding diaryl/α,β-unsaturated/α-hetero) is 1. The van der Waals surface area contributed by atoms with E-state index in [9.17, 15) is 13.2 Å². The second-order valence-electron chi connectivity index (χ2n) is 6.04. The van der Waals surface area contributed by atoms with E-state index in [0.717, 1.165) is 29.8 Å². The number of ketones is 1. The number of phenols is 3. The number of rotatable bonds is 5. The molecule has 2 rings (SSSR count). The van der Waals surface area contributed by atoms with Crippen LogP contribution in [0.4, 0.5) is 5.69 Å². The largest absolute Gasteiger partial charge is 0.504 e. The molecule has 0 aliphatic carbocycles. The fourth-order valence-corrected chi connectivity index (χ4v) is 3.40. The smallest absolute Gasteiger partial charge is 0.232 e. The van der Waals surface area contributed by atoms with Crippen LogP contribution in [-0.2, 0) is 10.0 Å². The SMILES string of the molecule is CC(=O)c1cc(O)c(O)c(O)c1.CCCN(c1ccccc1C)S(C)(=O)=O. The van der Waals surface area contributed by atoms with E-state index in [2.05, 4.69) is 0 Å². The number of hydrogen-bond donors (Lipinski definition) is 3. The van der Waals surface area contributed by atoms with Gasteiger partial charge in [0.05, 0.1) is 11.9 Å². The number of phenolic OH excluding ortho intramolecular Hbond substituents is 3. The molecule has 0 fully saturated rings. The van der Waals surface area contributed by atoms with Gasteiger partial charge < -0.3 is 15.3 Å². The van der Waals surface area contributed by atoms with Crippen LogP contribution in [0.25, 0.3) is 0 Å². The van der Waals surface area contributed by atoms with E-state index >= 15 is 0 Å². The van der Waals surface area contributed by atoms with Gasteiger partial charge in [-0.2, -0.15) is 0 Å². The average Bonchev–Trinajstić information content (AvgIpc) is 2.57. The molecule has 2 aromatic carbocycles. The first-order valence-electron chi connectivity index (χ1n) is 8.28. The summed E-state index contributed by atoms with van der Waals surface area (Å²) in [6.45, 7) is 5.72. The van der Waals surface area contributed by atoms with E-state index in [-0.39, 0.29) is 11.3 Å². The van der Waals surface area contributed by atoms with Crippen molar-refractivity contribution >= 4 is 21.5 Å². The Morgan fingerprint density at radius 1 is 1.07 bits per heavy atom. The molecule has 7 nitrogen and oxygen atoms in total. The number of aryl methyl sites for hydroxylation is 1. The van der Waals surface area contributed by atoms with E-state index in [4.69, 9.17) is 15.3 Å². The van der Waals surface area contributed by atoms with Crippen LogP contribution in [0.15, 0.2) is 36.4 Å². The number of para-hydroxylation sites is 1. The third-order valence-electron chi connectivity index (χ3n) is 3.69. The molecule has 0 radical (unpaired) electrons. The standard InChI is InChI=1S/C11H17NO2S.C8H8O4/c1-4-9-12(15(3,13)14)11-8-6-5-7-10(11)2;1-4(9)5-2-6(10)8(12)7(11)3-5/h5-8H,4,9H2,1-3H3;2-3,10-12H,1H3. The van der Waals surface area contributed by atoms with E-state index in [1.165, 1.54) is 17.5 Å². The molecule has 0 aromatic heterocycles. The molecule has 0 atom stereocenters. The van der Waals surface area contributed by atoms with Gasteiger partial charge >= 0.3 is 0 Å². The summed E-state index contributed by atoms with van der Waals surface area (Å²) in [4.78, 5) is 10.8. The summed E-state index contributed by atoms with van der Waals surface area (Å²) in [5.41, 5.74) is 1.92. The highest BCUT2D eigenvalue weighted by Crippen LogP contribution is 2.35. The van der Waals surface area contributed by atoms with Gasteiger partial charge in [0.25, 0.3) is 0 Å². The Bertz CT molecular complexity index is 885. The summed E-state index contributed by atoms with van der Waals surface area (Å²) in [5, 5.41) is 26.8. The monoisotopic (exact) mass is 395 g/mol. The zero-order chi connectivity index (χ0) is 20.8. The third-order valence-corrected chi connectivity index (χ3v) is 4.87. The summed E-state index contributed by atoms with van der Waals surface area (Å²) in [7, 11) is -3.17. The minimum atomic E-state index is -3.17. The van der Waals surface area contributed by atoms with E-state index < -0.39 is 27.3 Å². The van der Waals surface area contributed by atoms with Gasteiger partial charge in [0.15, 0.2) is 23.0 Å². The summed E-state index contributed by atoms with van der Waals surface area (Å²) in [6, 6.07) is 9.71. The molecule has 8 heteroatoms. The van der Waals surface area contributed by atoms with E-state index in [0.29, 0.717) is 6.54 Å². The van der Waals surface area contributed by atoms with Crippen molar-refractivity contribution < 1.29 is 28.5 Å². The van der Waals surface area contributed by atoms with Gasteiger partial charge in [0.2, 0.25) is 10.0 Å². The fourth-order valence-electron chi connectivity index (χ4n) is 2.32. The molecular weight excluding hydrogens is 370 g/mol. The third kappa shape index (κ3) is 6.18. The molecule has 27 heavy (non-hydrogen) atoms. The maximum atomic E-state index is 11.6. The predicted octanol–water partition coefficient (Wildman–Crippen LogP) is 3.18. The fraction of sp³-hybridized carbons (Fsp3) is 0.316. The lowest BCUT2D eigenvalue weighted by Crippen LogP contribution is -2.31. The highest BCUT2D eigenvalue weighted by atomic mass is 32.2. The predicted molar refractivity (Wildman–Crippen MR) is 105 cm³/mol. The van der Waals surface area contributed by atoms with Crippen molar-refractivity contribution in [3.8, 4) is 17.2 Å². The zero-order valence-electron chi connectivity index (χ0n) is 15.8. The molecule has 0 amide bonds. The molecule has 0 bridgehead atoms. The molecule has 0 spiro atoms. The van der Waals surface area contributed by atoms with Crippen molar-refractivity contribution in [2.45, 2.75) is 27.2 Å². The summed E-state index contributed by atoms with van der Waals surface area (Å²) >= 11 is 0. The van der Waals surface area contributed by atoms with Crippen molar-refractivity contribution in [1.29, 1.82) is 0 Å². The van der Waals surface area contributed by atoms with Gasteiger partial charge in [-0.1, -0.05) is 25.1 Å². The van der Waals surface area contributed by atoms with Crippen LogP contribution in [0.2, 0.25) is 0 Å². The van der Waals surface area contributed by atoms with Crippen molar-refractivity contribution in [3.05, 3.63) is 47.5 Å². The Hall–Kier alpha value is -2.74. The van der Waals surface area contributed by atoms with Crippen LogP contribution in [0, 0.1) is 6.92 Å². The summed E-state index contributed by atoms with van der Waals surface area (Å²) < 4.78 is 24.7. The number of hydrogen-bond acceptors (Lipinski definition) is 6. The Balaban J connectivity index is 0.000000277. The number of anilines is 1. The maximum absolute atomic E-state index is 11.6. The van der Waals surface area contributed by atoms with E-state index in [1.807, 2.05) is 38.1 Å². The van der Waals surface area contributed by atoms with Crippen molar-refractivity contribution in [3.63, 3.8) is 0 Å². The van der Waals surface area contributed by atoms with Gasteiger partial charge in [-0.15, -0.1) is 0 Å². The molecule has 0 aliphatic rings. The Morgan fingerprint density at radius 3 is 2.00 bits per heavy atom. The molecule has 0 aliphatic heterocycles. The lowest BCUT2D eigenvalue weighted by atomic mass is 10.1. The van der Waals surface area contributed by atoms with Crippen LogP contribution in [0.5, 0.6) is 17.2 Å². The van der Waals surface area contributed by atoms with Gasteiger partial charge in [-0.25, -0.2) is 8.42 Å². The van der Waals surface area contributed by atoms with Crippen LogP contribution in [0.3, 0.4) is 0 Å². The van der Waals surface area contributed by atoms with Gasteiger partial charge in [-0.3, -0.25) is 9.10 Å². The van der Waals surface area contributed by atoms with Crippen molar-refractivity contribution in [2.75, 3.05) is 17.1 Å². The molecule has 3 N–H and O–H groups in total. The van der Waals surface area contributed by atoms with Gasteiger partial charge in [0, 0.05) is 12.1 Å². The highest BCUT2D eigenvalue weighted by molar-refractivity contribution is 7.92. The van der Waals surface area contributed by atoms with Crippen molar-refractivity contribution in [2.24, 2.45) is 0 Å². The average molecular weight is 395 g/mol. The minimum absolute atomic E-state index is 0.155. The molecular formula is C19H25NO6S. The van der Waals surface area contributed by atoms with Crippen LogP contribution >= 0.6 is 0 Å². The minimum Gasteiger partial charge on any atom is -0.504 e. The number of sulfonamides is 1. The number of carbonyl (C=O) groups excluding carboxylic acids is 1. The molecule has 0 heterocycles. The zero-order valence-corrected chi connectivity index (χ0v) is 16.6. The quantitative estimate of drug-likeness (QED) is 0.529. The lowest BCUT2D eigenvalue weighted by Gasteiger charge is -2.23. The summed E-state index contributed by atoms with van der Waals surface area (Å²) in [6.07, 6.45) is 2.05. The summed E-state index contributed by atoms with van der Waals surface area (Å²) in [5.74, 6) is -1.90. The number of carbonyl (C=O) groups is 1. The Kier molecular flexibility index (Phi) is 7.66. The first-order chi connectivity index (χ1) is 12.5. The molecule has 0 saturated heterocycles. The second kappa shape index (κ2) is 9.27. The van der Waals surface area contributed by atoms with Crippen LogP contribution in [-0.4, -0.2) is 42.3 Å². The van der Waals surface area contributed by atoms with Gasteiger partial charge in [0.1, 0.15) is 0 Å². The van der Waals surface area contributed by atoms with Crippen molar-refractivity contribution in [1.82, 2.24) is 0 Å². The maximum Gasteiger partial charge on any atom is 0.232 e. The second-order valence-corrected chi connectivity index (χ2v) is 7.95. The number of nitrogens with zero attached hydrogens (tertiary/aromatic N) is 1. The Morgan fingerprint density at radius 2 is 1.59 bits per heavy atom. The first kappa shape index (κ1) is 22.3. The normalized spacial score (nSPS) is 10.7. The topological polar surface area (TPSA) is 115 Å². The molecule has 148 valence electrons. The van der Waals surface area contributed by atoms with Gasteiger partial charge in [-0.05, 0) is 44.0 Å². The number of aromatic hydroxyl groups is 3. The first-order valence-corrected chi connectivity index (χ1v) is 10.1. The molecule has 2 aromatic rings.